The molecule has 4 nitrogen and oxygen atoms in total. The van der Waals surface area contributed by atoms with Gasteiger partial charge in [-0.25, -0.2) is 4.39 Å². The summed E-state index contributed by atoms with van der Waals surface area (Å²) in [5.41, 5.74) is 0.532. The average Bonchev–Trinajstić information content (AvgIpc) is 3.08. The van der Waals surface area contributed by atoms with Gasteiger partial charge in [-0.15, -0.1) is 9.12 Å². The van der Waals surface area contributed by atoms with Gasteiger partial charge in [0.1, 0.15) is 5.82 Å². The molecule has 27 heavy (non-hydrogen) atoms. The molecule has 1 saturated heterocycles. The van der Waals surface area contributed by atoms with Crippen molar-refractivity contribution in [2.75, 3.05) is 19.7 Å². The van der Waals surface area contributed by atoms with Gasteiger partial charge in [-0.1, -0.05) is 12.1 Å². The van der Waals surface area contributed by atoms with Crippen LogP contribution in [0, 0.1) is 11.2 Å². The molecule has 1 aliphatic carbocycles. The van der Waals surface area contributed by atoms with Crippen LogP contribution in [-0.2, 0) is 9.45 Å². The number of hydrogen-bond donors (Lipinski definition) is 2. The Balaban J connectivity index is 1.54. The van der Waals surface area contributed by atoms with Gasteiger partial charge in [-0.2, -0.15) is 12.5 Å². The highest BCUT2D eigenvalue weighted by molar-refractivity contribution is 8.23. The molecule has 1 N–H and O–H groups in total. The molecule has 2 fully saturated rings. The summed E-state index contributed by atoms with van der Waals surface area (Å²) >= 11 is 4.16. The van der Waals surface area contributed by atoms with Gasteiger partial charge in [0, 0.05) is 12.6 Å². The Bertz CT molecular complexity index is 642. The van der Waals surface area contributed by atoms with Crippen molar-refractivity contribution in [3.63, 3.8) is 0 Å². The summed E-state index contributed by atoms with van der Waals surface area (Å²) in [6.07, 6.45) is 4.96. The molecular formula is C19H28BFNO3PS. The van der Waals surface area contributed by atoms with Crippen molar-refractivity contribution in [2.24, 2.45) is 5.41 Å². The predicted molar refractivity (Wildman–Crippen MR) is 113 cm³/mol. The minimum atomic E-state index is -0.700. The number of carboxylic acid groups (broad SMARTS) is 1. The van der Waals surface area contributed by atoms with E-state index < -0.39 is 11.4 Å². The zero-order valence-corrected chi connectivity index (χ0v) is 17.6. The third-order valence-corrected chi connectivity index (χ3v) is 6.63. The molecule has 148 valence electrons. The highest BCUT2D eigenvalue weighted by Gasteiger charge is 2.47. The smallest absolute Gasteiger partial charge is 0.380 e. The maximum Gasteiger partial charge on any atom is 0.380 e. The van der Waals surface area contributed by atoms with Gasteiger partial charge in [0.05, 0.1) is 5.41 Å². The molecule has 2 aliphatic rings. The highest BCUT2D eigenvalue weighted by Crippen LogP contribution is 2.44. The number of carboxylic acids is 1. The predicted octanol–water partition coefficient (Wildman–Crippen LogP) is 3.83. The Hall–Kier alpha value is -0.615. The maximum absolute atomic E-state index is 13.1. The van der Waals surface area contributed by atoms with E-state index in [4.69, 9.17) is 4.65 Å². The standard InChI is InChI=1S/C19H28BFNO3PS/c21-16-3-1-14(2-4-16)15-6-10-22(11-7-15)17-5-8-19(13-17,18(23)24)9-12-25-20(26)27/h1-4,15,17,27H,5-13,26H2,(H,23,24). The van der Waals surface area contributed by atoms with E-state index in [0.29, 0.717) is 37.8 Å². The number of piperidine rings is 1. The second kappa shape index (κ2) is 9.26. The summed E-state index contributed by atoms with van der Waals surface area (Å²) in [6.45, 7) is 2.37. The van der Waals surface area contributed by atoms with Crippen LogP contribution in [0.4, 0.5) is 4.39 Å². The lowest BCUT2D eigenvalue weighted by Crippen LogP contribution is -2.41. The van der Waals surface area contributed by atoms with Crippen LogP contribution in [0.3, 0.4) is 0 Å². The molecule has 3 unspecified atom stereocenters. The normalized spacial score (nSPS) is 27.0. The number of halogens is 1. The van der Waals surface area contributed by atoms with Gasteiger partial charge in [0.25, 0.3) is 0 Å². The number of rotatable bonds is 7. The van der Waals surface area contributed by atoms with Crippen LogP contribution in [0.1, 0.15) is 50.0 Å². The van der Waals surface area contributed by atoms with Crippen LogP contribution in [0.15, 0.2) is 24.3 Å². The maximum atomic E-state index is 13.1. The van der Waals surface area contributed by atoms with Gasteiger partial charge in [-0.05, 0) is 75.2 Å². The van der Waals surface area contributed by atoms with Crippen LogP contribution >= 0.6 is 21.6 Å². The summed E-state index contributed by atoms with van der Waals surface area (Å²) < 4.78 is 18.6. The average molecular weight is 411 g/mol. The number of likely N-dealkylation sites (tertiary alicyclic amines) is 1. The summed E-state index contributed by atoms with van der Waals surface area (Å²) in [4.78, 5) is 14.4. The van der Waals surface area contributed by atoms with Gasteiger partial charge in [0.2, 0.25) is 0 Å². The first-order valence-corrected chi connectivity index (χ1v) is 10.9. The van der Waals surface area contributed by atoms with E-state index >= 15 is 0 Å². The molecule has 1 aromatic rings. The lowest BCUT2D eigenvalue weighted by Gasteiger charge is -2.37. The van der Waals surface area contributed by atoms with Gasteiger partial charge in [0.15, 0.2) is 0 Å². The fourth-order valence-electron chi connectivity index (χ4n) is 4.65. The fraction of sp³-hybridized carbons (Fsp3) is 0.632. The quantitative estimate of drug-likeness (QED) is 0.407. The van der Waals surface area contributed by atoms with E-state index in [0.717, 1.165) is 32.4 Å². The monoisotopic (exact) mass is 411 g/mol. The summed E-state index contributed by atoms with van der Waals surface area (Å²) in [6, 6.07) is 7.18. The van der Waals surface area contributed by atoms with Crippen LogP contribution in [-0.4, -0.2) is 47.6 Å². The summed E-state index contributed by atoms with van der Waals surface area (Å²) in [5, 5.41) is 9.83. The van der Waals surface area contributed by atoms with Crippen LogP contribution < -0.4 is 0 Å². The first-order valence-electron chi connectivity index (χ1n) is 9.68. The van der Waals surface area contributed by atoms with Crippen molar-refractivity contribution in [1.29, 1.82) is 0 Å². The van der Waals surface area contributed by atoms with E-state index in [-0.39, 0.29) is 11.7 Å². The molecule has 3 atom stereocenters. The molecule has 0 amide bonds. The Labute approximate surface area is 168 Å². The molecule has 1 saturated carbocycles. The molecule has 0 bridgehead atoms. The first-order chi connectivity index (χ1) is 12.9. The van der Waals surface area contributed by atoms with Crippen molar-refractivity contribution >= 4 is 33.5 Å². The van der Waals surface area contributed by atoms with Gasteiger partial charge >= 0.3 is 11.9 Å². The zero-order chi connectivity index (χ0) is 19.4. The molecular weight excluding hydrogens is 383 g/mol. The zero-order valence-electron chi connectivity index (χ0n) is 15.5. The van der Waals surface area contributed by atoms with Crippen molar-refractivity contribution in [3.05, 3.63) is 35.6 Å². The molecule has 1 aliphatic heterocycles. The molecule has 0 spiro atoms. The number of thiol groups is 1. The lowest BCUT2D eigenvalue weighted by molar-refractivity contribution is -0.149. The van der Waals surface area contributed by atoms with Crippen molar-refractivity contribution in [3.8, 4) is 0 Å². The van der Waals surface area contributed by atoms with Crippen LogP contribution in [0.5, 0.6) is 0 Å². The number of nitrogens with zero attached hydrogens (tertiary/aromatic N) is 1. The number of aliphatic carboxylic acids is 1. The Morgan fingerprint density at radius 1 is 1.33 bits per heavy atom. The number of benzene rings is 1. The SMILES string of the molecule is O=C(O)C1(CCOB(P)S)CCC(N2CCC(c3ccc(F)cc3)CC2)C1. The van der Waals surface area contributed by atoms with Crippen molar-refractivity contribution < 1.29 is 18.9 Å². The third-order valence-electron chi connectivity index (χ3n) is 6.29. The third kappa shape index (κ3) is 5.26. The lowest BCUT2D eigenvalue weighted by atomic mass is 9.82. The van der Waals surface area contributed by atoms with Gasteiger partial charge < -0.3 is 14.7 Å². The molecule has 1 aromatic carbocycles. The minimum absolute atomic E-state index is 0.193. The van der Waals surface area contributed by atoms with Gasteiger partial charge in [-0.3, -0.25) is 4.79 Å². The Morgan fingerprint density at radius 3 is 2.59 bits per heavy atom. The number of carbonyl (C=O) groups is 1. The van der Waals surface area contributed by atoms with E-state index in [1.807, 2.05) is 12.1 Å². The Morgan fingerprint density at radius 2 is 2.00 bits per heavy atom. The van der Waals surface area contributed by atoms with E-state index in [2.05, 4.69) is 26.5 Å². The minimum Gasteiger partial charge on any atom is -0.481 e. The highest BCUT2D eigenvalue weighted by atomic mass is 32.1. The molecule has 0 aromatic heterocycles. The largest absolute Gasteiger partial charge is 0.481 e. The van der Waals surface area contributed by atoms with E-state index in [9.17, 15) is 14.3 Å². The first kappa shape index (κ1) is 21.1. The second-order valence-corrected chi connectivity index (χ2v) is 9.53. The van der Waals surface area contributed by atoms with Crippen LogP contribution in [0.25, 0.3) is 0 Å². The van der Waals surface area contributed by atoms with Crippen LogP contribution in [0.2, 0.25) is 0 Å². The summed E-state index contributed by atoms with van der Waals surface area (Å²) in [7, 11) is 2.45. The number of hydrogen-bond acceptors (Lipinski definition) is 4. The molecule has 0 radical (unpaired) electrons. The topological polar surface area (TPSA) is 49.8 Å². The summed E-state index contributed by atoms with van der Waals surface area (Å²) in [5.74, 6) is -0.676. The second-order valence-electron chi connectivity index (χ2n) is 7.86. The molecule has 1 heterocycles. The van der Waals surface area contributed by atoms with E-state index in [1.165, 1.54) is 17.7 Å². The van der Waals surface area contributed by atoms with E-state index in [1.54, 1.807) is 0 Å². The fourth-order valence-corrected chi connectivity index (χ4v) is 4.89. The molecule has 3 rings (SSSR count). The van der Waals surface area contributed by atoms with Crippen molar-refractivity contribution in [2.45, 2.75) is 50.5 Å². The molecule has 8 heteroatoms. The Kier molecular flexibility index (Phi) is 7.23. The van der Waals surface area contributed by atoms with Crippen molar-refractivity contribution in [1.82, 2.24) is 4.90 Å².